The number of rotatable bonds is 4. The molecule has 2 heterocycles. The molecule has 1 saturated heterocycles. The number of pyridine rings is 1. The first-order valence-electron chi connectivity index (χ1n) is 8.06. The number of hydrogen-bond donors (Lipinski definition) is 1. The lowest BCUT2D eigenvalue weighted by Crippen LogP contribution is -2.39. The summed E-state index contributed by atoms with van der Waals surface area (Å²) in [6.45, 7) is 5.76. The molecule has 2 rings (SSSR count). The van der Waals surface area contributed by atoms with E-state index in [2.05, 4.69) is 9.88 Å². The average Bonchev–Trinajstić information content (AvgIpc) is 2.74. The van der Waals surface area contributed by atoms with Gasteiger partial charge in [-0.25, -0.2) is 4.98 Å². The van der Waals surface area contributed by atoms with E-state index in [-0.39, 0.29) is 5.91 Å². The summed E-state index contributed by atoms with van der Waals surface area (Å²) in [5, 5.41) is 9.81. The van der Waals surface area contributed by atoms with Gasteiger partial charge in [0.25, 0.3) is 5.91 Å². The highest BCUT2D eigenvalue weighted by atomic mass is 16.3. The van der Waals surface area contributed by atoms with Gasteiger partial charge in [0.05, 0.1) is 11.2 Å². The molecule has 1 N–H and O–H groups in total. The summed E-state index contributed by atoms with van der Waals surface area (Å²) >= 11 is 0. The van der Waals surface area contributed by atoms with Gasteiger partial charge in [-0.1, -0.05) is 12.8 Å². The highest BCUT2D eigenvalue weighted by Gasteiger charge is 2.21. The van der Waals surface area contributed by atoms with Crippen LogP contribution in [0.25, 0.3) is 0 Å². The van der Waals surface area contributed by atoms with Gasteiger partial charge < -0.3 is 14.9 Å². The third kappa shape index (κ3) is 4.70. The molecule has 5 nitrogen and oxygen atoms in total. The van der Waals surface area contributed by atoms with Gasteiger partial charge in [0.15, 0.2) is 0 Å². The average molecular weight is 305 g/mol. The lowest BCUT2D eigenvalue weighted by molar-refractivity contribution is 0.0367. The van der Waals surface area contributed by atoms with Crippen molar-refractivity contribution in [1.82, 2.24) is 9.88 Å². The Kier molecular flexibility index (Phi) is 5.40. The van der Waals surface area contributed by atoms with E-state index in [1.54, 1.807) is 27.1 Å². The summed E-state index contributed by atoms with van der Waals surface area (Å²) in [7, 11) is 1.70. The molecular weight excluding hydrogens is 278 g/mol. The molecule has 1 aromatic rings. The van der Waals surface area contributed by atoms with Gasteiger partial charge in [-0.05, 0) is 38.8 Å². The lowest BCUT2D eigenvalue weighted by atomic mass is 10.1. The molecule has 5 heteroatoms. The van der Waals surface area contributed by atoms with Crippen LogP contribution in [0.5, 0.6) is 0 Å². The van der Waals surface area contributed by atoms with E-state index in [4.69, 9.17) is 0 Å². The van der Waals surface area contributed by atoms with E-state index >= 15 is 0 Å². The van der Waals surface area contributed by atoms with Crippen LogP contribution in [0.3, 0.4) is 0 Å². The quantitative estimate of drug-likeness (QED) is 0.927. The number of aliphatic hydroxyl groups is 1. The minimum atomic E-state index is -0.899. The summed E-state index contributed by atoms with van der Waals surface area (Å²) < 4.78 is 0. The van der Waals surface area contributed by atoms with Crippen LogP contribution in [0.1, 0.15) is 49.9 Å². The summed E-state index contributed by atoms with van der Waals surface area (Å²) in [4.78, 5) is 20.6. The van der Waals surface area contributed by atoms with E-state index in [0.717, 1.165) is 18.9 Å². The zero-order valence-corrected chi connectivity index (χ0v) is 13.9. The molecule has 1 aliphatic rings. The monoisotopic (exact) mass is 305 g/mol. The lowest BCUT2D eigenvalue weighted by Gasteiger charge is -2.26. The summed E-state index contributed by atoms with van der Waals surface area (Å²) in [6.07, 6.45) is 6.63. The highest BCUT2D eigenvalue weighted by Crippen LogP contribution is 2.18. The summed E-state index contributed by atoms with van der Waals surface area (Å²) in [6, 6.07) is 3.76. The number of likely N-dealkylation sites (N-methyl/N-ethyl adjacent to an activating group) is 1. The Hall–Kier alpha value is -1.62. The number of carbonyl (C=O) groups excluding carboxylic acids is 1. The fourth-order valence-corrected chi connectivity index (χ4v) is 2.87. The Morgan fingerprint density at radius 3 is 2.41 bits per heavy atom. The van der Waals surface area contributed by atoms with Crippen LogP contribution in [0.2, 0.25) is 0 Å². The van der Waals surface area contributed by atoms with Gasteiger partial charge in [0.2, 0.25) is 0 Å². The predicted octanol–water partition coefficient (Wildman–Crippen LogP) is 2.30. The second-order valence-corrected chi connectivity index (χ2v) is 6.78. The summed E-state index contributed by atoms with van der Waals surface area (Å²) in [5.41, 5.74) is -0.338. The van der Waals surface area contributed by atoms with Gasteiger partial charge in [-0.3, -0.25) is 4.79 Å². The van der Waals surface area contributed by atoms with Crippen LogP contribution in [0.4, 0.5) is 5.82 Å². The Bertz CT molecular complexity index is 486. The van der Waals surface area contributed by atoms with E-state index in [1.165, 1.54) is 30.6 Å². The number of hydrogen-bond acceptors (Lipinski definition) is 4. The molecule has 122 valence electrons. The molecular formula is C17H27N3O2. The smallest absolute Gasteiger partial charge is 0.255 e. The van der Waals surface area contributed by atoms with Gasteiger partial charge in [0.1, 0.15) is 5.82 Å². The van der Waals surface area contributed by atoms with Crippen molar-refractivity contribution in [3.05, 3.63) is 23.9 Å². The van der Waals surface area contributed by atoms with Crippen LogP contribution >= 0.6 is 0 Å². The zero-order chi connectivity index (χ0) is 16.2. The van der Waals surface area contributed by atoms with Crippen LogP contribution in [0.15, 0.2) is 18.3 Å². The standard InChI is InChI=1S/C17H27N3O2/c1-17(2,22)13-19(3)16(21)14-8-9-15(18-12-14)20-10-6-4-5-7-11-20/h8-9,12,22H,4-7,10-11,13H2,1-3H3. The van der Waals surface area contributed by atoms with Gasteiger partial charge >= 0.3 is 0 Å². The first-order valence-corrected chi connectivity index (χ1v) is 8.06. The van der Waals surface area contributed by atoms with Crippen LogP contribution in [-0.4, -0.2) is 53.2 Å². The van der Waals surface area contributed by atoms with E-state index < -0.39 is 5.60 Å². The molecule has 1 amide bonds. The molecule has 0 unspecified atom stereocenters. The van der Waals surface area contributed by atoms with Crippen molar-refractivity contribution in [3.8, 4) is 0 Å². The number of anilines is 1. The maximum absolute atomic E-state index is 12.3. The first-order chi connectivity index (χ1) is 10.4. The molecule has 1 fully saturated rings. The van der Waals surface area contributed by atoms with Crippen molar-refractivity contribution in [1.29, 1.82) is 0 Å². The van der Waals surface area contributed by atoms with E-state index in [1.807, 2.05) is 12.1 Å². The zero-order valence-electron chi connectivity index (χ0n) is 13.9. The molecule has 0 atom stereocenters. The Labute approximate surface area is 132 Å². The molecule has 0 spiro atoms. The second kappa shape index (κ2) is 7.09. The molecule has 1 aliphatic heterocycles. The molecule has 0 radical (unpaired) electrons. The molecule has 22 heavy (non-hydrogen) atoms. The van der Waals surface area contributed by atoms with Crippen molar-refractivity contribution in [2.24, 2.45) is 0 Å². The normalized spacial score (nSPS) is 16.3. The van der Waals surface area contributed by atoms with Gasteiger partial charge in [0, 0.05) is 32.9 Å². The van der Waals surface area contributed by atoms with Crippen molar-refractivity contribution in [2.75, 3.05) is 31.6 Å². The molecule has 0 bridgehead atoms. The largest absolute Gasteiger partial charge is 0.389 e. The first kappa shape index (κ1) is 16.7. The van der Waals surface area contributed by atoms with Crippen LogP contribution < -0.4 is 4.90 Å². The Balaban J connectivity index is 2.03. The Morgan fingerprint density at radius 2 is 1.91 bits per heavy atom. The van der Waals surface area contributed by atoms with E-state index in [0.29, 0.717) is 12.1 Å². The maximum Gasteiger partial charge on any atom is 0.255 e. The molecule has 0 saturated carbocycles. The molecule has 0 aliphatic carbocycles. The predicted molar refractivity (Wildman–Crippen MR) is 88.2 cm³/mol. The number of amides is 1. The minimum absolute atomic E-state index is 0.114. The van der Waals surface area contributed by atoms with Crippen LogP contribution in [-0.2, 0) is 0 Å². The third-order valence-corrected chi connectivity index (χ3v) is 3.90. The third-order valence-electron chi connectivity index (χ3n) is 3.90. The van der Waals surface area contributed by atoms with E-state index in [9.17, 15) is 9.90 Å². The van der Waals surface area contributed by atoms with Crippen molar-refractivity contribution < 1.29 is 9.90 Å². The van der Waals surface area contributed by atoms with Crippen molar-refractivity contribution in [3.63, 3.8) is 0 Å². The topological polar surface area (TPSA) is 56.7 Å². The van der Waals surface area contributed by atoms with Crippen molar-refractivity contribution >= 4 is 11.7 Å². The molecule has 1 aromatic heterocycles. The van der Waals surface area contributed by atoms with Crippen LogP contribution in [0, 0.1) is 0 Å². The SMILES string of the molecule is CN(CC(C)(C)O)C(=O)c1ccc(N2CCCCCC2)nc1. The summed E-state index contributed by atoms with van der Waals surface area (Å²) in [5.74, 6) is 0.834. The number of aromatic nitrogens is 1. The van der Waals surface area contributed by atoms with Crippen molar-refractivity contribution in [2.45, 2.75) is 45.1 Å². The van der Waals surface area contributed by atoms with Gasteiger partial charge in [-0.15, -0.1) is 0 Å². The fourth-order valence-electron chi connectivity index (χ4n) is 2.87. The maximum atomic E-state index is 12.3. The minimum Gasteiger partial charge on any atom is -0.389 e. The molecule has 0 aromatic carbocycles. The number of carbonyl (C=O) groups is 1. The fraction of sp³-hybridized carbons (Fsp3) is 0.647. The highest BCUT2D eigenvalue weighted by molar-refractivity contribution is 5.94. The number of nitrogens with zero attached hydrogens (tertiary/aromatic N) is 3. The Morgan fingerprint density at radius 1 is 1.27 bits per heavy atom. The second-order valence-electron chi connectivity index (χ2n) is 6.78. The van der Waals surface area contributed by atoms with Gasteiger partial charge in [-0.2, -0.15) is 0 Å².